The Morgan fingerprint density at radius 1 is 0.974 bits per heavy atom. The van der Waals surface area contributed by atoms with E-state index in [0.717, 1.165) is 25.0 Å². The molecule has 3 aromatic rings. The fraction of sp³-hybridized carbons (Fsp3) is 0.452. The van der Waals surface area contributed by atoms with Crippen molar-refractivity contribution in [1.29, 1.82) is 0 Å². The Labute approximate surface area is 232 Å². The van der Waals surface area contributed by atoms with Crippen LogP contribution in [0.1, 0.15) is 88.3 Å². The first kappa shape index (κ1) is 29.4. The third-order valence-electron chi connectivity index (χ3n) is 6.46. The van der Waals surface area contributed by atoms with E-state index in [-0.39, 0.29) is 23.8 Å². The number of aromatic nitrogens is 2. The van der Waals surface area contributed by atoms with E-state index in [1.165, 1.54) is 24.8 Å². The van der Waals surface area contributed by atoms with Crippen LogP contribution in [0.25, 0.3) is 5.69 Å². The third-order valence-corrected chi connectivity index (χ3v) is 6.78. The van der Waals surface area contributed by atoms with Gasteiger partial charge in [-0.15, -0.1) is 0 Å². The topological polar surface area (TPSA) is 67.2 Å². The molecule has 6 nitrogen and oxygen atoms in total. The predicted octanol–water partition coefficient (Wildman–Crippen LogP) is 7.44. The Bertz CT molecular complexity index is 1210. The Kier molecular flexibility index (Phi) is 10.5. The number of aryl methyl sites for hydroxylation is 1. The first-order valence-electron chi connectivity index (χ1n) is 13.7. The van der Waals surface area contributed by atoms with Crippen LogP contribution in [-0.4, -0.2) is 39.6 Å². The van der Waals surface area contributed by atoms with Gasteiger partial charge in [0.2, 0.25) is 5.91 Å². The number of hydrogen-bond donors (Lipinski definition) is 1. The lowest BCUT2D eigenvalue weighted by atomic mass is 9.92. The minimum Gasteiger partial charge on any atom is -0.329 e. The minimum atomic E-state index is -0.284. The van der Waals surface area contributed by atoms with E-state index in [1.54, 1.807) is 15.6 Å². The highest BCUT2D eigenvalue weighted by Gasteiger charge is 2.24. The molecule has 1 aromatic heterocycles. The Morgan fingerprint density at radius 2 is 1.68 bits per heavy atom. The van der Waals surface area contributed by atoms with Crippen molar-refractivity contribution in [3.05, 3.63) is 76.4 Å². The summed E-state index contributed by atoms with van der Waals surface area (Å²) in [6, 6.07) is 17.1. The van der Waals surface area contributed by atoms with E-state index in [4.69, 9.17) is 16.7 Å². The first-order chi connectivity index (χ1) is 18.1. The van der Waals surface area contributed by atoms with Crippen molar-refractivity contribution in [2.45, 2.75) is 78.6 Å². The number of nitrogens with zero attached hydrogens (tertiary/aromatic N) is 3. The number of anilines is 1. The molecule has 0 fully saturated rings. The van der Waals surface area contributed by atoms with Gasteiger partial charge in [0.25, 0.3) is 5.91 Å². The second-order valence-corrected chi connectivity index (χ2v) is 11.2. The van der Waals surface area contributed by atoms with Gasteiger partial charge in [-0.2, -0.15) is 5.10 Å². The molecule has 0 aliphatic heterocycles. The zero-order valence-corrected chi connectivity index (χ0v) is 24.1. The minimum absolute atomic E-state index is 0.0516. The van der Waals surface area contributed by atoms with Crippen molar-refractivity contribution in [2.24, 2.45) is 0 Å². The average Bonchev–Trinajstić information content (AvgIpc) is 3.30. The molecule has 2 aromatic carbocycles. The second-order valence-electron chi connectivity index (χ2n) is 10.8. The monoisotopic (exact) mass is 536 g/mol. The van der Waals surface area contributed by atoms with E-state index in [2.05, 4.69) is 33.0 Å². The molecule has 0 spiro atoms. The maximum atomic E-state index is 13.3. The zero-order valence-electron chi connectivity index (χ0n) is 23.4. The number of carbonyl (C=O) groups is 2. The number of halogens is 1. The molecule has 0 aliphatic rings. The Hall–Kier alpha value is -3.12. The molecule has 38 heavy (non-hydrogen) atoms. The quantitative estimate of drug-likeness (QED) is 0.245. The molecule has 0 radical (unpaired) electrons. The summed E-state index contributed by atoms with van der Waals surface area (Å²) in [4.78, 5) is 28.1. The molecule has 2 amide bonds. The van der Waals surface area contributed by atoms with Gasteiger partial charge in [-0.1, -0.05) is 89.7 Å². The van der Waals surface area contributed by atoms with Gasteiger partial charge in [0.1, 0.15) is 12.4 Å². The van der Waals surface area contributed by atoms with Crippen LogP contribution in [0.3, 0.4) is 0 Å². The summed E-state index contributed by atoms with van der Waals surface area (Å²) in [6.45, 7) is 10.8. The van der Waals surface area contributed by atoms with Gasteiger partial charge in [-0.05, 0) is 49.1 Å². The highest BCUT2D eigenvalue weighted by atomic mass is 35.5. The predicted molar refractivity (Wildman–Crippen MR) is 156 cm³/mol. The summed E-state index contributed by atoms with van der Waals surface area (Å²) in [5.74, 6) is 0.0897. The highest BCUT2D eigenvalue weighted by molar-refractivity contribution is 6.32. The Balaban J connectivity index is 1.75. The summed E-state index contributed by atoms with van der Waals surface area (Å²) in [6.07, 6.45) is 6.62. The van der Waals surface area contributed by atoms with E-state index < -0.39 is 0 Å². The van der Waals surface area contributed by atoms with Crippen LogP contribution in [0.15, 0.2) is 54.6 Å². The molecule has 7 heteroatoms. The van der Waals surface area contributed by atoms with Crippen LogP contribution in [0.4, 0.5) is 5.82 Å². The van der Waals surface area contributed by atoms with Crippen LogP contribution in [0.5, 0.6) is 0 Å². The van der Waals surface area contributed by atoms with Crippen molar-refractivity contribution in [1.82, 2.24) is 14.7 Å². The number of nitrogens with one attached hydrogen (secondary N) is 1. The lowest BCUT2D eigenvalue weighted by Gasteiger charge is -2.22. The van der Waals surface area contributed by atoms with Crippen LogP contribution in [0, 0.1) is 0 Å². The fourth-order valence-corrected chi connectivity index (χ4v) is 4.49. The van der Waals surface area contributed by atoms with Crippen molar-refractivity contribution >= 4 is 29.2 Å². The normalized spacial score (nSPS) is 11.4. The first-order valence-corrected chi connectivity index (χ1v) is 14.0. The maximum absolute atomic E-state index is 13.3. The molecular weight excluding hydrogens is 496 g/mol. The van der Waals surface area contributed by atoms with Crippen molar-refractivity contribution in [2.75, 3.05) is 18.4 Å². The van der Waals surface area contributed by atoms with E-state index in [9.17, 15) is 9.59 Å². The van der Waals surface area contributed by atoms with E-state index >= 15 is 0 Å². The molecule has 0 saturated heterocycles. The number of benzene rings is 2. The summed E-state index contributed by atoms with van der Waals surface area (Å²) in [7, 11) is 0. The SMILES string of the molecule is CCCCCCc1ccc(C(=O)N(CCC)CC(=O)Nc2cc(C(C)(C)C)nn2-c2ccccc2Cl)cc1. The molecule has 0 saturated carbocycles. The summed E-state index contributed by atoms with van der Waals surface area (Å²) in [5, 5.41) is 8.25. The molecule has 0 bridgehead atoms. The van der Waals surface area contributed by atoms with Crippen molar-refractivity contribution < 1.29 is 9.59 Å². The van der Waals surface area contributed by atoms with E-state index in [1.807, 2.05) is 55.5 Å². The standard InChI is InChI=1S/C31H41ClN4O2/c1-6-8-9-10-13-23-16-18-24(19-17-23)30(38)35(20-7-2)22-29(37)33-28-21-27(31(3,4)5)34-36(28)26-15-12-11-14-25(26)32/h11-12,14-19,21H,6-10,13,20,22H2,1-5H3,(H,33,37). The lowest BCUT2D eigenvalue weighted by Crippen LogP contribution is -2.38. The van der Waals surface area contributed by atoms with Crippen LogP contribution in [-0.2, 0) is 16.6 Å². The van der Waals surface area contributed by atoms with Gasteiger partial charge in [0, 0.05) is 23.6 Å². The van der Waals surface area contributed by atoms with Crippen LogP contribution < -0.4 is 5.32 Å². The van der Waals surface area contributed by atoms with Crippen molar-refractivity contribution in [3.8, 4) is 5.69 Å². The van der Waals surface area contributed by atoms with Crippen LogP contribution >= 0.6 is 11.6 Å². The number of amides is 2. The smallest absolute Gasteiger partial charge is 0.254 e. The van der Waals surface area contributed by atoms with Gasteiger partial charge in [-0.25, -0.2) is 4.68 Å². The van der Waals surface area contributed by atoms with Gasteiger partial charge in [0.15, 0.2) is 0 Å². The molecular formula is C31H41ClN4O2. The number of rotatable bonds is 12. The molecule has 1 heterocycles. The van der Waals surface area contributed by atoms with Gasteiger partial charge in [0.05, 0.1) is 16.4 Å². The molecule has 0 atom stereocenters. The maximum Gasteiger partial charge on any atom is 0.254 e. The van der Waals surface area contributed by atoms with Gasteiger partial charge >= 0.3 is 0 Å². The van der Waals surface area contributed by atoms with Gasteiger partial charge < -0.3 is 10.2 Å². The third kappa shape index (κ3) is 7.94. The van der Waals surface area contributed by atoms with Crippen LogP contribution in [0.2, 0.25) is 5.02 Å². The second kappa shape index (κ2) is 13.6. The number of carbonyl (C=O) groups excluding carboxylic acids is 2. The summed E-state index contributed by atoms with van der Waals surface area (Å²) < 4.78 is 1.66. The molecule has 0 unspecified atom stereocenters. The number of unbranched alkanes of at least 4 members (excludes halogenated alkanes) is 3. The van der Waals surface area contributed by atoms with Gasteiger partial charge in [-0.3, -0.25) is 9.59 Å². The summed E-state index contributed by atoms with van der Waals surface area (Å²) in [5.41, 5.74) is 3.11. The van der Waals surface area contributed by atoms with E-state index in [0.29, 0.717) is 28.6 Å². The number of para-hydroxylation sites is 1. The van der Waals surface area contributed by atoms with Crippen molar-refractivity contribution in [3.63, 3.8) is 0 Å². The molecule has 1 N–H and O–H groups in total. The molecule has 0 aliphatic carbocycles. The molecule has 3 rings (SSSR count). The fourth-order valence-electron chi connectivity index (χ4n) is 4.27. The largest absolute Gasteiger partial charge is 0.329 e. The summed E-state index contributed by atoms with van der Waals surface area (Å²) >= 11 is 6.45. The average molecular weight is 537 g/mol. The zero-order chi connectivity index (χ0) is 27.7. The Morgan fingerprint density at radius 3 is 2.32 bits per heavy atom. The lowest BCUT2D eigenvalue weighted by molar-refractivity contribution is -0.116. The number of hydrogen-bond acceptors (Lipinski definition) is 3. The highest BCUT2D eigenvalue weighted by Crippen LogP contribution is 2.29. The molecule has 204 valence electrons.